The molecule has 0 rings (SSSR count). The fourth-order valence-electron chi connectivity index (χ4n) is 0.934. The zero-order chi connectivity index (χ0) is 11.4. The predicted octanol–water partition coefficient (Wildman–Crippen LogP) is -0.657. The highest BCUT2D eigenvalue weighted by atomic mass is 31.2. The van der Waals surface area contributed by atoms with Crippen molar-refractivity contribution in [3.8, 4) is 0 Å². The van der Waals surface area contributed by atoms with Crippen LogP contribution in [0.4, 0.5) is 0 Å². The Morgan fingerprint density at radius 3 is 1.64 bits per heavy atom. The molecule has 0 saturated heterocycles. The summed E-state index contributed by atoms with van der Waals surface area (Å²) >= 11 is 0. The molecule has 0 aliphatic heterocycles. The Labute approximate surface area is 83.2 Å². The smallest absolute Gasteiger partial charge is 0.271 e. The summed E-state index contributed by atoms with van der Waals surface area (Å²) in [6, 6.07) is 0. The first kappa shape index (κ1) is 14.2. The zero-order valence-electron chi connectivity index (χ0n) is 8.01. The molecule has 14 heavy (non-hydrogen) atoms. The summed E-state index contributed by atoms with van der Waals surface area (Å²) in [5, 5.41) is 4.76. The van der Waals surface area contributed by atoms with Gasteiger partial charge in [0.2, 0.25) is 0 Å². The molecule has 10 heteroatoms. The maximum absolute atomic E-state index is 11.0. The van der Waals surface area contributed by atoms with Gasteiger partial charge < -0.3 is 0 Å². The molecule has 86 valence electrons. The van der Waals surface area contributed by atoms with E-state index in [9.17, 15) is 9.13 Å². The van der Waals surface area contributed by atoms with Crippen LogP contribution in [0.25, 0.3) is 0 Å². The first-order valence-corrected chi connectivity index (χ1v) is 7.73. The Balaban J connectivity index is 4.31. The van der Waals surface area contributed by atoms with Crippen molar-refractivity contribution in [3.05, 3.63) is 0 Å². The summed E-state index contributed by atoms with van der Waals surface area (Å²) in [5.41, 5.74) is 20.4. The van der Waals surface area contributed by atoms with Crippen LogP contribution < -0.4 is 32.2 Å². The maximum atomic E-state index is 11.0. The van der Waals surface area contributed by atoms with Gasteiger partial charge in [0, 0.05) is 0 Å². The lowest BCUT2D eigenvalue weighted by atomic mass is 10.3. The zero-order valence-corrected chi connectivity index (χ0v) is 9.80. The molecule has 0 unspecified atom stereocenters. The van der Waals surface area contributed by atoms with Crippen LogP contribution in [0.15, 0.2) is 0 Å². The van der Waals surface area contributed by atoms with E-state index in [0.29, 0.717) is 6.42 Å². The fourth-order valence-corrected chi connectivity index (χ4v) is 2.40. The molecule has 0 bridgehead atoms. The number of rotatable bonds is 6. The molecular formula is C4H18N6O2P2. The molecule has 0 amide bonds. The van der Waals surface area contributed by atoms with Crippen LogP contribution in [0.5, 0.6) is 0 Å². The van der Waals surface area contributed by atoms with Crippen molar-refractivity contribution in [1.29, 1.82) is 0 Å². The van der Waals surface area contributed by atoms with Gasteiger partial charge in [0.1, 0.15) is 0 Å². The Morgan fingerprint density at radius 2 is 1.43 bits per heavy atom. The molecule has 0 spiro atoms. The van der Waals surface area contributed by atoms with E-state index < -0.39 is 21.4 Å². The Hall–Kier alpha value is 0.220. The van der Waals surface area contributed by atoms with E-state index in [1.54, 1.807) is 0 Å². The number of hydrogen-bond donors (Lipinski definition) is 6. The molecule has 0 aliphatic carbocycles. The largest absolute Gasteiger partial charge is 0.275 e. The standard InChI is InChI=1S/C4H18N6O2P2/c1-2-3-4(9-13(5,6)11)10-14(7,8)12/h4H,2-3H2,1H3,(H5,5,6,9,11)(H5,7,8,10,12). The van der Waals surface area contributed by atoms with Crippen LogP contribution in [0.3, 0.4) is 0 Å². The summed E-state index contributed by atoms with van der Waals surface area (Å²) in [5.74, 6) is 0. The van der Waals surface area contributed by atoms with E-state index in [1.165, 1.54) is 0 Å². The third kappa shape index (κ3) is 8.80. The van der Waals surface area contributed by atoms with Crippen molar-refractivity contribution in [2.24, 2.45) is 22.0 Å². The van der Waals surface area contributed by atoms with Gasteiger partial charge in [-0.2, -0.15) is 0 Å². The Morgan fingerprint density at radius 1 is 1.07 bits per heavy atom. The highest BCUT2D eigenvalue weighted by Gasteiger charge is 2.20. The lowest BCUT2D eigenvalue weighted by molar-refractivity contribution is 0.490. The summed E-state index contributed by atoms with van der Waals surface area (Å²) in [6.07, 6.45) is 0.642. The first-order chi connectivity index (χ1) is 6.14. The molecule has 0 aromatic rings. The van der Waals surface area contributed by atoms with Crippen LogP contribution in [-0.4, -0.2) is 6.17 Å². The molecular weight excluding hydrogens is 226 g/mol. The van der Waals surface area contributed by atoms with Crippen LogP contribution in [0, 0.1) is 0 Å². The normalized spacial score (nSPS) is 13.6. The Kier molecular flexibility index (Phi) is 5.43. The van der Waals surface area contributed by atoms with Crippen molar-refractivity contribution in [3.63, 3.8) is 0 Å². The van der Waals surface area contributed by atoms with Crippen LogP contribution in [-0.2, 0) is 9.13 Å². The van der Waals surface area contributed by atoms with Crippen LogP contribution >= 0.6 is 15.2 Å². The number of hydrogen-bond acceptors (Lipinski definition) is 2. The highest BCUT2D eigenvalue weighted by molar-refractivity contribution is 7.57. The second-order valence-electron chi connectivity index (χ2n) is 3.02. The lowest BCUT2D eigenvalue weighted by Gasteiger charge is -2.23. The molecule has 8 nitrogen and oxygen atoms in total. The van der Waals surface area contributed by atoms with E-state index in [1.807, 2.05) is 6.92 Å². The molecule has 0 atom stereocenters. The van der Waals surface area contributed by atoms with Crippen LogP contribution in [0.1, 0.15) is 19.8 Å². The quantitative estimate of drug-likeness (QED) is 0.265. The lowest BCUT2D eigenvalue weighted by Crippen LogP contribution is -2.44. The SMILES string of the molecule is CCCC(NP(N)(N)=O)NP(N)(N)=O. The van der Waals surface area contributed by atoms with Gasteiger partial charge in [-0.1, -0.05) is 13.3 Å². The average Bonchev–Trinajstić information content (AvgIpc) is 1.78. The summed E-state index contributed by atoms with van der Waals surface area (Å²) < 4.78 is 22.0. The van der Waals surface area contributed by atoms with Crippen LogP contribution in [0.2, 0.25) is 0 Å². The van der Waals surface area contributed by atoms with E-state index in [4.69, 9.17) is 22.0 Å². The van der Waals surface area contributed by atoms with Gasteiger partial charge in [-0.15, -0.1) is 0 Å². The molecule has 0 saturated carbocycles. The van der Waals surface area contributed by atoms with E-state index in [2.05, 4.69) is 10.2 Å². The van der Waals surface area contributed by atoms with E-state index >= 15 is 0 Å². The molecule has 0 aliphatic rings. The minimum atomic E-state index is -3.38. The van der Waals surface area contributed by atoms with Gasteiger partial charge in [0.05, 0.1) is 6.17 Å². The summed E-state index contributed by atoms with van der Waals surface area (Å²) in [6.45, 7) is 1.88. The maximum Gasteiger partial charge on any atom is 0.275 e. The van der Waals surface area contributed by atoms with Crippen molar-refractivity contribution in [2.45, 2.75) is 25.9 Å². The van der Waals surface area contributed by atoms with Crippen molar-refractivity contribution >= 4 is 15.2 Å². The average molecular weight is 244 g/mol. The minimum absolute atomic E-state index is 0.511. The molecule has 0 heterocycles. The number of nitrogens with one attached hydrogen (secondary N) is 2. The highest BCUT2D eigenvalue weighted by Crippen LogP contribution is 2.25. The van der Waals surface area contributed by atoms with Gasteiger partial charge in [0.15, 0.2) is 0 Å². The summed E-state index contributed by atoms with van der Waals surface area (Å²) in [4.78, 5) is 0. The van der Waals surface area contributed by atoms with E-state index in [0.717, 1.165) is 6.42 Å². The third-order valence-corrected chi connectivity index (χ3v) is 2.72. The number of nitrogens with two attached hydrogens (primary N) is 4. The fraction of sp³-hybridized carbons (Fsp3) is 1.00. The van der Waals surface area contributed by atoms with E-state index in [-0.39, 0.29) is 0 Å². The van der Waals surface area contributed by atoms with Crippen molar-refractivity contribution in [2.75, 3.05) is 0 Å². The second kappa shape index (κ2) is 5.34. The molecule has 0 aromatic carbocycles. The van der Waals surface area contributed by atoms with Crippen molar-refractivity contribution in [1.82, 2.24) is 10.2 Å². The topological polar surface area (TPSA) is 162 Å². The van der Waals surface area contributed by atoms with Crippen molar-refractivity contribution < 1.29 is 9.13 Å². The van der Waals surface area contributed by atoms with Gasteiger partial charge in [0.25, 0.3) is 15.2 Å². The molecule has 0 fully saturated rings. The molecule has 10 N–H and O–H groups in total. The molecule has 0 aromatic heterocycles. The minimum Gasteiger partial charge on any atom is -0.271 e. The Bertz CT molecular complexity index is 235. The van der Waals surface area contributed by atoms with Gasteiger partial charge in [-0.25, -0.2) is 10.2 Å². The first-order valence-electron chi connectivity index (χ1n) is 4.04. The van der Waals surface area contributed by atoms with Gasteiger partial charge in [-0.3, -0.25) is 31.1 Å². The predicted molar refractivity (Wildman–Crippen MR) is 56.9 cm³/mol. The van der Waals surface area contributed by atoms with Gasteiger partial charge >= 0.3 is 0 Å². The molecule has 0 radical (unpaired) electrons. The monoisotopic (exact) mass is 244 g/mol. The summed E-state index contributed by atoms with van der Waals surface area (Å²) in [7, 11) is -6.76. The second-order valence-corrected chi connectivity index (χ2v) is 6.37. The third-order valence-electron chi connectivity index (χ3n) is 1.29. The van der Waals surface area contributed by atoms with Gasteiger partial charge in [-0.05, 0) is 6.42 Å².